The zero-order valence-electron chi connectivity index (χ0n) is 13.6. The monoisotopic (exact) mass is 314 g/mol. The van der Waals surface area contributed by atoms with Crippen LogP contribution in [0.5, 0.6) is 0 Å². The first-order chi connectivity index (χ1) is 11.1. The van der Waals surface area contributed by atoms with Crippen molar-refractivity contribution in [3.05, 3.63) is 34.6 Å². The van der Waals surface area contributed by atoms with Gasteiger partial charge in [-0.15, -0.1) is 5.10 Å². The Bertz CT molecular complexity index is 763. The third-order valence-electron chi connectivity index (χ3n) is 4.84. The first-order valence-electron chi connectivity index (χ1n) is 8.14. The molecule has 6 heteroatoms. The van der Waals surface area contributed by atoms with E-state index in [4.69, 9.17) is 0 Å². The molecule has 1 aromatic heterocycles. The van der Waals surface area contributed by atoms with Gasteiger partial charge in [0.15, 0.2) is 0 Å². The van der Waals surface area contributed by atoms with E-state index in [0.29, 0.717) is 10.9 Å². The molecule has 0 bridgehead atoms. The molecule has 0 spiro atoms. The number of hydrogen-bond acceptors (Lipinski definition) is 4. The van der Waals surface area contributed by atoms with Crippen molar-refractivity contribution >= 4 is 16.8 Å². The molecule has 0 atom stereocenters. The summed E-state index contributed by atoms with van der Waals surface area (Å²) in [5, 5.41) is 8.40. The molecule has 23 heavy (non-hydrogen) atoms. The van der Waals surface area contributed by atoms with Crippen LogP contribution in [0.3, 0.4) is 0 Å². The molecule has 1 aliphatic rings. The summed E-state index contributed by atoms with van der Waals surface area (Å²) in [6, 6.07) is 7.31. The van der Waals surface area contributed by atoms with Crippen molar-refractivity contribution < 1.29 is 4.79 Å². The highest BCUT2D eigenvalue weighted by molar-refractivity contribution is 5.78. The smallest absolute Gasteiger partial charge is 0.278 e. The van der Waals surface area contributed by atoms with Crippen molar-refractivity contribution in [2.24, 2.45) is 5.92 Å². The number of fused-ring (bicyclic) bond motifs is 1. The Morgan fingerprint density at radius 2 is 1.96 bits per heavy atom. The molecule has 1 amide bonds. The lowest BCUT2D eigenvalue weighted by atomic mass is 9.87. The largest absolute Gasteiger partial charge is 0.341 e. The number of rotatable bonds is 3. The van der Waals surface area contributed by atoms with Crippen LogP contribution in [-0.4, -0.2) is 38.9 Å². The van der Waals surface area contributed by atoms with Crippen LogP contribution < -0.4 is 5.56 Å². The Morgan fingerprint density at radius 3 is 2.70 bits per heavy atom. The summed E-state index contributed by atoms with van der Waals surface area (Å²) in [6.45, 7) is 2.20. The number of nitrogens with zero attached hydrogens (tertiary/aromatic N) is 4. The van der Waals surface area contributed by atoms with Gasteiger partial charge in [-0.3, -0.25) is 9.59 Å². The number of amides is 1. The number of carbonyl (C=O) groups excluding carboxylic acids is 1. The molecule has 0 unspecified atom stereocenters. The predicted molar refractivity (Wildman–Crippen MR) is 88.0 cm³/mol. The molecule has 3 rings (SSSR count). The first kappa shape index (κ1) is 15.6. The fourth-order valence-corrected chi connectivity index (χ4v) is 3.20. The molecule has 1 heterocycles. The third-order valence-corrected chi connectivity index (χ3v) is 4.84. The molecular weight excluding hydrogens is 292 g/mol. The maximum Gasteiger partial charge on any atom is 0.278 e. The number of likely N-dealkylation sites (N-methyl/N-ethyl adjacent to an activating group) is 1. The average Bonchev–Trinajstić information content (AvgIpc) is 2.57. The minimum absolute atomic E-state index is 0.0563. The van der Waals surface area contributed by atoms with Gasteiger partial charge in [-0.05, 0) is 43.7 Å². The van der Waals surface area contributed by atoms with E-state index in [1.54, 1.807) is 23.1 Å². The highest BCUT2D eigenvalue weighted by Gasteiger charge is 2.25. The minimum atomic E-state index is -0.269. The molecule has 2 aromatic rings. The molecule has 1 aliphatic carbocycles. The van der Waals surface area contributed by atoms with Gasteiger partial charge in [-0.1, -0.05) is 24.3 Å². The molecule has 1 saturated carbocycles. The summed E-state index contributed by atoms with van der Waals surface area (Å²) in [5.74, 6) is 0.653. The van der Waals surface area contributed by atoms with Crippen LogP contribution in [0.15, 0.2) is 29.1 Å². The Kier molecular flexibility index (Phi) is 4.41. The van der Waals surface area contributed by atoms with Crippen molar-refractivity contribution in [1.82, 2.24) is 19.9 Å². The molecule has 6 nitrogen and oxygen atoms in total. The Morgan fingerprint density at radius 1 is 1.26 bits per heavy atom. The first-order valence-corrected chi connectivity index (χ1v) is 8.14. The van der Waals surface area contributed by atoms with Crippen molar-refractivity contribution in [1.29, 1.82) is 0 Å². The second kappa shape index (κ2) is 6.48. The maximum absolute atomic E-state index is 12.5. The zero-order valence-corrected chi connectivity index (χ0v) is 13.6. The summed E-state index contributed by atoms with van der Waals surface area (Å²) >= 11 is 0. The lowest BCUT2D eigenvalue weighted by molar-refractivity contribution is -0.133. The SMILES string of the molecule is CC1CCC(N(C)C(=O)Cn2nnc3ccccc3c2=O)CC1. The van der Waals surface area contributed by atoms with Crippen molar-refractivity contribution in [3.8, 4) is 0 Å². The van der Waals surface area contributed by atoms with Gasteiger partial charge >= 0.3 is 0 Å². The summed E-state index contributed by atoms with van der Waals surface area (Å²) < 4.78 is 1.16. The van der Waals surface area contributed by atoms with E-state index in [0.717, 1.165) is 36.3 Å². The quantitative estimate of drug-likeness (QED) is 0.867. The highest BCUT2D eigenvalue weighted by Crippen LogP contribution is 2.26. The molecule has 1 fully saturated rings. The van der Waals surface area contributed by atoms with Crippen LogP contribution in [0.2, 0.25) is 0 Å². The Balaban J connectivity index is 1.75. The highest BCUT2D eigenvalue weighted by atomic mass is 16.2. The summed E-state index contributed by atoms with van der Waals surface area (Å²) in [4.78, 5) is 26.6. The average molecular weight is 314 g/mol. The summed E-state index contributed by atoms with van der Waals surface area (Å²) in [6.07, 6.45) is 4.36. The van der Waals surface area contributed by atoms with E-state index in [1.807, 2.05) is 13.1 Å². The molecule has 1 aromatic carbocycles. The number of carbonyl (C=O) groups is 1. The number of hydrogen-bond donors (Lipinski definition) is 0. The Labute approximate surface area is 135 Å². The topological polar surface area (TPSA) is 68.1 Å². The van der Waals surface area contributed by atoms with E-state index in [1.165, 1.54) is 0 Å². The van der Waals surface area contributed by atoms with Gasteiger partial charge in [-0.2, -0.15) is 0 Å². The predicted octanol–water partition coefficient (Wildman–Crippen LogP) is 1.83. The van der Waals surface area contributed by atoms with E-state index in [9.17, 15) is 9.59 Å². The standard InChI is InChI=1S/C17H22N4O2/c1-12-7-9-13(10-8-12)20(2)16(22)11-21-17(23)14-5-3-4-6-15(14)18-19-21/h3-6,12-13H,7-11H2,1-2H3. The van der Waals surface area contributed by atoms with Crippen LogP contribution in [0.4, 0.5) is 0 Å². The fourth-order valence-electron chi connectivity index (χ4n) is 3.20. The fraction of sp³-hybridized carbons (Fsp3) is 0.529. The lowest BCUT2D eigenvalue weighted by Gasteiger charge is -2.33. The number of aromatic nitrogens is 3. The summed E-state index contributed by atoms with van der Waals surface area (Å²) in [7, 11) is 1.82. The van der Waals surface area contributed by atoms with Crippen molar-refractivity contribution in [3.63, 3.8) is 0 Å². The van der Waals surface area contributed by atoms with Crippen LogP contribution in [0, 0.1) is 5.92 Å². The molecule has 0 N–H and O–H groups in total. The van der Waals surface area contributed by atoms with E-state index < -0.39 is 0 Å². The zero-order chi connectivity index (χ0) is 16.4. The summed E-state index contributed by atoms with van der Waals surface area (Å²) in [5.41, 5.74) is 0.283. The van der Waals surface area contributed by atoms with Gasteiger partial charge in [0.25, 0.3) is 5.56 Å². The van der Waals surface area contributed by atoms with E-state index in [-0.39, 0.29) is 24.1 Å². The Hall–Kier alpha value is -2.24. The number of benzene rings is 1. The molecule has 0 radical (unpaired) electrons. The normalized spacial score (nSPS) is 21.3. The third kappa shape index (κ3) is 3.25. The second-order valence-corrected chi connectivity index (χ2v) is 6.49. The van der Waals surface area contributed by atoms with Gasteiger partial charge in [-0.25, -0.2) is 4.68 Å². The van der Waals surface area contributed by atoms with Gasteiger partial charge in [0.2, 0.25) is 5.91 Å². The molecule has 122 valence electrons. The second-order valence-electron chi connectivity index (χ2n) is 6.49. The van der Waals surface area contributed by atoms with Crippen LogP contribution in [0.1, 0.15) is 32.6 Å². The lowest BCUT2D eigenvalue weighted by Crippen LogP contribution is -2.42. The van der Waals surface area contributed by atoms with Crippen LogP contribution >= 0.6 is 0 Å². The van der Waals surface area contributed by atoms with Crippen LogP contribution in [-0.2, 0) is 11.3 Å². The van der Waals surface area contributed by atoms with Crippen LogP contribution in [0.25, 0.3) is 10.9 Å². The van der Waals surface area contributed by atoms with Gasteiger partial charge in [0, 0.05) is 13.1 Å². The van der Waals surface area contributed by atoms with Crippen molar-refractivity contribution in [2.45, 2.75) is 45.2 Å². The maximum atomic E-state index is 12.5. The van der Waals surface area contributed by atoms with Gasteiger partial charge in [0.05, 0.1) is 5.39 Å². The van der Waals surface area contributed by atoms with Crippen molar-refractivity contribution in [2.75, 3.05) is 7.05 Å². The van der Waals surface area contributed by atoms with Gasteiger partial charge < -0.3 is 4.90 Å². The minimum Gasteiger partial charge on any atom is -0.341 e. The van der Waals surface area contributed by atoms with E-state index in [2.05, 4.69) is 17.2 Å². The molecule has 0 saturated heterocycles. The molecular formula is C17H22N4O2. The molecule has 0 aliphatic heterocycles. The van der Waals surface area contributed by atoms with E-state index >= 15 is 0 Å². The van der Waals surface area contributed by atoms with Gasteiger partial charge in [0.1, 0.15) is 12.1 Å².